The van der Waals surface area contributed by atoms with E-state index < -0.39 is 17.8 Å². The second-order valence-corrected chi connectivity index (χ2v) is 5.34. The van der Waals surface area contributed by atoms with Gasteiger partial charge in [0.15, 0.2) is 0 Å². The summed E-state index contributed by atoms with van der Waals surface area (Å²) >= 11 is 0. The van der Waals surface area contributed by atoms with Gasteiger partial charge >= 0.3 is 12.3 Å². The number of benzene rings is 2. The van der Waals surface area contributed by atoms with Crippen LogP contribution in [0.3, 0.4) is 0 Å². The maximum absolute atomic E-state index is 12.9. The van der Waals surface area contributed by atoms with Gasteiger partial charge in [0.05, 0.1) is 5.56 Å². The molecule has 1 amide bonds. The van der Waals surface area contributed by atoms with Gasteiger partial charge in [0.2, 0.25) is 0 Å². The van der Waals surface area contributed by atoms with Crippen LogP contribution in [-0.2, 0) is 17.5 Å². The van der Waals surface area contributed by atoms with Gasteiger partial charge in [-0.3, -0.25) is 0 Å². The summed E-state index contributed by atoms with van der Waals surface area (Å²) in [5.74, 6) is 5.06. The fourth-order valence-corrected chi connectivity index (χ4v) is 2.06. The van der Waals surface area contributed by atoms with E-state index in [0.717, 1.165) is 11.6 Å². The summed E-state index contributed by atoms with van der Waals surface area (Å²) in [6.45, 7) is 0.301. The number of nitrogen functional groups attached to an aromatic ring is 1. The average Bonchev–Trinajstić information content (AvgIpc) is 2.61. The number of rotatable bonds is 4. The van der Waals surface area contributed by atoms with Crippen molar-refractivity contribution in [3.8, 4) is 11.8 Å². The van der Waals surface area contributed by atoms with Crippen LogP contribution in [0.1, 0.15) is 23.1 Å². The van der Waals surface area contributed by atoms with Crippen molar-refractivity contribution in [3.05, 3.63) is 65.2 Å². The summed E-state index contributed by atoms with van der Waals surface area (Å²) in [7, 11) is 0. The first-order valence-corrected chi connectivity index (χ1v) is 7.76. The number of hydrogen-bond acceptors (Lipinski definition) is 3. The van der Waals surface area contributed by atoms with E-state index >= 15 is 0 Å². The van der Waals surface area contributed by atoms with Crippen LogP contribution in [0.2, 0.25) is 0 Å². The molecule has 136 valence electrons. The fourth-order valence-electron chi connectivity index (χ4n) is 2.06. The maximum Gasteiger partial charge on any atom is 0.417 e. The molecule has 2 rings (SSSR count). The van der Waals surface area contributed by atoms with Crippen LogP contribution < -0.4 is 11.1 Å². The van der Waals surface area contributed by atoms with E-state index in [4.69, 9.17) is 10.5 Å². The van der Waals surface area contributed by atoms with E-state index in [1.807, 2.05) is 30.3 Å². The van der Waals surface area contributed by atoms with Crippen molar-refractivity contribution in [2.75, 3.05) is 12.3 Å². The Kier molecular flexibility index (Phi) is 6.50. The highest BCUT2D eigenvalue weighted by Gasteiger charge is 2.33. The Bertz CT molecular complexity index is 809. The Morgan fingerprint density at radius 3 is 2.58 bits per heavy atom. The third-order valence-electron chi connectivity index (χ3n) is 3.30. The van der Waals surface area contributed by atoms with E-state index in [9.17, 15) is 18.0 Å². The number of carbonyl (C=O) groups is 1. The normalized spacial score (nSPS) is 10.6. The molecule has 0 saturated carbocycles. The van der Waals surface area contributed by atoms with Crippen molar-refractivity contribution < 1.29 is 22.7 Å². The topological polar surface area (TPSA) is 64.3 Å². The molecule has 0 bridgehead atoms. The van der Waals surface area contributed by atoms with Crippen molar-refractivity contribution in [2.24, 2.45) is 0 Å². The molecule has 4 nitrogen and oxygen atoms in total. The Morgan fingerprint density at radius 2 is 1.88 bits per heavy atom. The summed E-state index contributed by atoms with van der Waals surface area (Å²) < 4.78 is 43.8. The van der Waals surface area contributed by atoms with Crippen molar-refractivity contribution in [1.82, 2.24) is 5.32 Å². The quantitative estimate of drug-likeness (QED) is 0.492. The second kappa shape index (κ2) is 8.81. The van der Waals surface area contributed by atoms with Crippen molar-refractivity contribution >= 4 is 11.8 Å². The molecule has 2 aromatic rings. The van der Waals surface area contributed by atoms with E-state index in [-0.39, 0.29) is 30.8 Å². The van der Waals surface area contributed by atoms with Gasteiger partial charge < -0.3 is 15.8 Å². The molecule has 0 heterocycles. The molecule has 26 heavy (non-hydrogen) atoms. The first-order chi connectivity index (χ1) is 12.4. The number of ether oxygens (including phenoxy) is 1. The molecule has 0 aliphatic rings. The predicted octanol–water partition coefficient (Wildman–Crippen LogP) is 3.96. The molecule has 0 aromatic heterocycles. The minimum atomic E-state index is -4.53. The lowest BCUT2D eigenvalue weighted by Crippen LogP contribution is -2.24. The molecule has 0 spiro atoms. The first kappa shape index (κ1) is 19.2. The Labute approximate surface area is 149 Å². The number of amides is 1. The van der Waals surface area contributed by atoms with Crippen molar-refractivity contribution in [2.45, 2.75) is 19.2 Å². The van der Waals surface area contributed by atoms with Gasteiger partial charge in [-0.05, 0) is 23.8 Å². The lowest BCUT2D eigenvalue weighted by Gasteiger charge is -2.09. The van der Waals surface area contributed by atoms with Gasteiger partial charge in [-0.1, -0.05) is 42.2 Å². The SMILES string of the molecule is Nc1ccc(C#CCCNC(=O)OCc2ccccc2)c(C(F)(F)F)c1. The molecule has 3 N–H and O–H groups in total. The predicted molar refractivity (Wildman–Crippen MR) is 92.0 cm³/mol. The molecule has 7 heteroatoms. The third-order valence-corrected chi connectivity index (χ3v) is 3.30. The first-order valence-electron chi connectivity index (χ1n) is 7.76. The molecular formula is C19H17F3N2O2. The number of anilines is 1. The monoisotopic (exact) mass is 362 g/mol. The lowest BCUT2D eigenvalue weighted by molar-refractivity contribution is -0.137. The highest BCUT2D eigenvalue weighted by molar-refractivity contribution is 5.67. The van der Waals surface area contributed by atoms with Crippen LogP contribution in [0.25, 0.3) is 0 Å². The standard InChI is InChI=1S/C19H17F3N2O2/c20-19(21,22)17-12-16(23)10-9-15(17)8-4-5-11-24-18(25)26-13-14-6-2-1-3-7-14/h1-3,6-7,9-10,12H,5,11,13,23H2,(H,24,25). The lowest BCUT2D eigenvalue weighted by atomic mass is 10.1. The van der Waals surface area contributed by atoms with Crippen LogP contribution in [0.5, 0.6) is 0 Å². The van der Waals surface area contributed by atoms with E-state index in [1.54, 1.807) is 0 Å². The van der Waals surface area contributed by atoms with Gasteiger partial charge in [0, 0.05) is 24.2 Å². The zero-order chi connectivity index (χ0) is 19.0. The molecule has 0 aliphatic carbocycles. The summed E-state index contributed by atoms with van der Waals surface area (Å²) in [6.07, 6.45) is -4.96. The van der Waals surface area contributed by atoms with Gasteiger partial charge in [-0.2, -0.15) is 13.2 Å². The van der Waals surface area contributed by atoms with Crippen LogP contribution in [0, 0.1) is 11.8 Å². The maximum atomic E-state index is 12.9. The summed E-state index contributed by atoms with van der Waals surface area (Å²) in [6, 6.07) is 12.6. The molecule has 0 aliphatic heterocycles. The van der Waals surface area contributed by atoms with Crippen LogP contribution in [0.15, 0.2) is 48.5 Å². The second-order valence-electron chi connectivity index (χ2n) is 5.34. The Hall–Kier alpha value is -3.14. The van der Waals surface area contributed by atoms with Crippen molar-refractivity contribution in [1.29, 1.82) is 0 Å². The van der Waals surface area contributed by atoms with E-state index in [0.29, 0.717) is 0 Å². The van der Waals surface area contributed by atoms with Crippen molar-refractivity contribution in [3.63, 3.8) is 0 Å². The minimum Gasteiger partial charge on any atom is -0.445 e. The molecule has 2 aromatic carbocycles. The number of hydrogen-bond donors (Lipinski definition) is 2. The summed E-state index contributed by atoms with van der Waals surface area (Å²) in [5.41, 5.74) is 5.24. The smallest absolute Gasteiger partial charge is 0.417 e. The molecule has 0 saturated heterocycles. The number of alkyl halides is 3. The van der Waals surface area contributed by atoms with Gasteiger partial charge in [-0.15, -0.1) is 0 Å². The van der Waals surface area contributed by atoms with Gasteiger partial charge in [0.1, 0.15) is 6.61 Å². The van der Waals surface area contributed by atoms with E-state index in [2.05, 4.69) is 17.2 Å². The molecular weight excluding hydrogens is 345 g/mol. The zero-order valence-electron chi connectivity index (χ0n) is 13.8. The number of carbonyl (C=O) groups excluding carboxylic acids is 1. The highest BCUT2D eigenvalue weighted by atomic mass is 19.4. The fraction of sp³-hybridized carbons (Fsp3) is 0.211. The largest absolute Gasteiger partial charge is 0.445 e. The minimum absolute atomic E-state index is 0.0192. The third kappa shape index (κ3) is 6.06. The summed E-state index contributed by atoms with van der Waals surface area (Å²) in [5, 5.41) is 2.49. The highest BCUT2D eigenvalue weighted by Crippen LogP contribution is 2.32. The van der Waals surface area contributed by atoms with E-state index in [1.165, 1.54) is 12.1 Å². The van der Waals surface area contributed by atoms with Crippen LogP contribution in [0.4, 0.5) is 23.7 Å². The molecule has 0 radical (unpaired) electrons. The molecule has 0 unspecified atom stereocenters. The number of halogens is 3. The number of alkyl carbamates (subject to hydrolysis) is 1. The number of nitrogens with two attached hydrogens (primary N) is 1. The molecule has 0 fully saturated rings. The zero-order valence-corrected chi connectivity index (χ0v) is 13.8. The van der Waals surface area contributed by atoms with Crippen LogP contribution in [-0.4, -0.2) is 12.6 Å². The molecule has 0 atom stereocenters. The Morgan fingerprint density at radius 1 is 1.15 bits per heavy atom. The van der Waals surface area contributed by atoms with Gasteiger partial charge in [0.25, 0.3) is 0 Å². The van der Waals surface area contributed by atoms with Crippen LogP contribution >= 0.6 is 0 Å². The summed E-state index contributed by atoms with van der Waals surface area (Å²) in [4.78, 5) is 11.5. The van der Waals surface area contributed by atoms with Gasteiger partial charge in [-0.25, -0.2) is 4.79 Å². The average molecular weight is 362 g/mol. The number of nitrogens with one attached hydrogen (secondary N) is 1. The Balaban J connectivity index is 1.81.